The lowest BCUT2D eigenvalue weighted by molar-refractivity contribution is -0.138. The van der Waals surface area contributed by atoms with Gasteiger partial charge in [0.2, 0.25) is 6.10 Å². The summed E-state index contributed by atoms with van der Waals surface area (Å²) in [4.78, 5) is 26.4. The van der Waals surface area contributed by atoms with Gasteiger partial charge < -0.3 is 19.1 Å². The minimum atomic E-state index is -1.03. The molecule has 0 aliphatic carbocycles. The van der Waals surface area contributed by atoms with Crippen LogP contribution in [0.4, 0.5) is 0 Å². The van der Waals surface area contributed by atoms with Crippen LogP contribution in [0.3, 0.4) is 0 Å². The van der Waals surface area contributed by atoms with E-state index in [2.05, 4.69) is 0 Å². The van der Waals surface area contributed by atoms with E-state index in [1.807, 2.05) is 6.07 Å². The van der Waals surface area contributed by atoms with Gasteiger partial charge in [-0.05, 0) is 12.1 Å². The maximum atomic E-state index is 12.6. The third-order valence-electron chi connectivity index (χ3n) is 3.58. The van der Waals surface area contributed by atoms with Crippen molar-refractivity contribution in [2.24, 2.45) is 0 Å². The summed E-state index contributed by atoms with van der Waals surface area (Å²) in [6.07, 6.45) is -1.03. The molecule has 0 bridgehead atoms. The number of ether oxygens (including phenoxy) is 3. The highest BCUT2D eigenvalue weighted by molar-refractivity contribution is 5.93. The topological polar surface area (TPSA) is 65.1 Å². The molecular formula is C19H21NO5. The van der Waals surface area contributed by atoms with Crippen molar-refractivity contribution in [3.63, 3.8) is 0 Å². The minimum Gasteiger partial charge on any atom is -0.497 e. The third kappa shape index (κ3) is 4.50. The summed E-state index contributed by atoms with van der Waals surface area (Å²) in [7, 11) is 6.21. The van der Waals surface area contributed by atoms with Crippen molar-refractivity contribution in [1.29, 1.82) is 0 Å². The van der Waals surface area contributed by atoms with Gasteiger partial charge in [0, 0.05) is 25.7 Å². The first-order valence-electron chi connectivity index (χ1n) is 7.66. The van der Waals surface area contributed by atoms with Crippen molar-refractivity contribution in [3.05, 3.63) is 59.7 Å². The van der Waals surface area contributed by atoms with Gasteiger partial charge in [-0.15, -0.1) is 0 Å². The minimum absolute atomic E-state index is 0.240. The van der Waals surface area contributed by atoms with E-state index in [1.54, 1.807) is 44.4 Å². The molecule has 0 heterocycles. The summed E-state index contributed by atoms with van der Waals surface area (Å²) in [6, 6.07) is 13.6. The Bertz CT molecular complexity index is 720. The lowest BCUT2D eigenvalue weighted by Crippen LogP contribution is -2.31. The predicted octanol–water partition coefficient (Wildman–Crippen LogP) is 2.69. The second-order valence-electron chi connectivity index (χ2n) is 5.53. The lowest BCUT2D eigenvalue weighted by atomic mass is 10.1. The van der Waals surface area contributed by atoms with Crippen LogP contribution in [0.25, 0.3) is 0 Å². The normalized spacial score (nSPS) is 11.4. The molecule has 0 unspecified atom stereocenters. The van der Waals surface area contributed by atoms with Crippen molar-refractivity contribution < 1.29 is 23.8 Å². The third-order valence-corrected chi connectivity index (χ3v) is 3.58. The fraction of sp³-hybridized carbons (Fsp3) is 0.263. The maximum Gasteiger partial charge on any atom is 0.339 e. The summed E-state index contributed by atoms with van der Waals surface area (Å²) in [5, 5.41) is 0. The zero-order valence-corrected chi connectivity index (χ0v) is 14.7. The number of likely N-dealkylation sites (N-methyl/N-ethyl adjacent to an activating group) is 1. The Balaban J connectivity index is 2.32. The number of carbonyl (C=O) groups is 2. The van der Waals surface area contributed by atoms with E-state index in [9.17, 15) is 9.59 Å². The van der Waals surface area contributed by atoms with E-state index in [-0.39, 0.29) is 11.5 Å². The largest absolute Gasteiger partial charge is 0.497 e. The molecule has 0 spiro atoms. The molecule has 2 aromatic rings. The zero-order valence-electron chi connectivity index (χ0n) is 14.7. The number of methoxy groups -OCH3 is 2. The molecule has 0 aliphatic rings. The number of carbonyl (C=O) groups excluding carboxylic acids is 2. The predicted molar refractivity (Wildman–Crippen MR) is 92.8 cm³/mol. The Morgan fingerprint density at radius 3 is 1.96 bits per heavy atom. The summed E-state index contributed by atoms with van der Waals surface area (Å²) in [5.41, 5.74) is 0.841. The van der Waals surface area contributed by atoms with E-state index >= 15 is 0 Å². The molecule has 0 saturated heterocycles. The number of nitrogens with zero attached hydrogens (tertiary/aromatic N) is 1. The van der Waals surface area contributed by atoms with Crippen LogP contribution in [-0.4, -0.2) is 45.1 Å². The fourth-order valence-electron chi connectivity index (χ4n) is 2.22. The van der Waals surface area contributed by atoms with Gasteiger partial charge in [-0.2, -0.15) is 0 Å². The Labute approximate surface area is 146 Å². The van der Waals surface area contributed by atoms with Crippen LogP contribution < -0.4 is 9.47 Å². The molecule has 6 nitrogen and oxygen atoms in total. The summed E-state index contributed by atoms with van der Waals surface area (Å²) in [6.45, 7) is 0. The van der Waals surface area contributed by atoms with Gasteiger partial charge in [0.25, 0.3) is 5.91 Å². The molecule has 2 rings (SSSR count). The number of benzene rings is 2. The van der Waals surface area contributed by atoms with Gasteiger partial charge in [0.15, 0.2) is 0 Å². The second-order valence-corrected chi connectivity index (χ2v) is 5.53. The molecule has 2 aromatic carbocycles. The first kappa shape index (κ1) is 18.3. The van der Waals surface area contributed by atoms with Crippen LogP contribution in [0.1, 0.15) is 22.0 Å². The number of hydrogen-bond donors (Lipinski definition) is 0. The molecule has 132 valence electrons. The van der Waals surface area contributed by atoms with E-state index in [0.29, 0.717) is 17.1 Å². The number of hydrogen-bond acceptors (Lipinski definition) is 5. The SMILES string of the molecule is COc1cc(OC)cc(C(=O)O[C@@H](C(=O)N(C)C)c2ccccc2)c1. The van der Waals surface area contributed by atoms with Crippen molar-refractivity contribution in [2.45, 2.75) is 6.10 Å². The Kier molecular flexibility index (Phi) is 6.00. The Morgan fingerprint density at radius 1 is 0.920 bits per heavy atom. The van der Waals surface area contributed by atoms with Crippen LogP contribution >= 0.6 is 0 Å². The van der Waals surface area contributed by atoms with Gasteiger partial charge in [0.1, 0.15) is 11.5 Å². The molecule has 0 fully saturated rings. The molecule has 0 aromatic heterocycles. The Morgan fingerprint density at radius 2 is 1.48 bits per heavy atom. The summed E-state index contributed by atoms with van der Waals surface area (Å²) >= 11 is 0. The van der Waals surface area contributed by atoms with E-state index < -0.39 is 12.1 Å². The monoisotopic (exact) mass is 343 g/mol. The fourth-order valence-corrected chi connectivity index (χ4v) is 2.22. The summed E-state index contributed by atoms with van der Waals surface area (Å²) < 4.78 is 15.8. The average molecular weight is 343 g/mol. The lowest BCUT2D eigenvalue weighted by Gasteiger charge is -2.21. The van der Waals surface area contributed by atoms with E-state index in [1.165, 1.54) is 31.3 Å². The van der Waals surface area contributed by atoms with Gasteiger partial charge in [-0.25, -0.2) is 4.79 Å². The van der Waals surface area contributed by atoms with Gasteiger partial charge in [-0.3, -0.25) is 4.79 Å². The second kappa shape index (κ2) is 8.19. The average Bonchev–Trinajstić information content (AvgIpc) is 2.65. The van der Waals surface area contributed by atoms with Gasteiger partial charge in [0.05, 0.1) is 19.8 Å². The van der Waals surface area contributed by atoms with Gasteiger partial charge >= 0.3 is 5.97 Å². The molecule has 6 heteroatoms. The maximum absolute atomic E-state index is 12.6. The zero-order chi connectivity index (χ0) is 18.4. The van der Waals surface area contributed by atoms with Crippen molar-refractivity contribution in [3.8, 4) is 11.5 Å². The first-order valence-corrected chi connectivity index (χ1v) is 7.66. The number of amides is 1. The van der Waals surface area contributed by atoms with Crippen molar-refractivity contribution >= 4 is 11.9 Å². The van der Waals surface area contributed by atoms with Crippen LogP contribution in [0, 0.1) is 0 Å². The van der Waals surface area contributed by atoms with E-state index in [0.717, 1.165) is 0 Å². The highest BCUT2D eigenvalue weighted by Gasteiger charge is 2.27. The Hall–Kier alpha value is -3.02. The molecule has 0 aliphatic heterocycles. The van der Waals surface area contributed by atoms with Crippen LogP contribution in [0.15, 0.2) is 48.5 Å². The molecule has 0 saturated carbocycles. The molecule has 1 amide bonds. The molecule has 25 heavy (non-hydrogen) atoms. The van der Waals surface area contributed by atoms with E-state index in [4.69, 9.17) is 14.2 Å². The van der Waals surface area contributed by atoms with Crippen molar-refractivity contribution in [1.82, 2.24) is 4.90 Å². The first-order chi connectivity index (χ1) is 12.0. The highest BCUT2D eigenvalue weighted by atomic mass is 16.5. The van der Waals surface area contributed by atoms with Crippen LogP contribution in [-0.2, 0) is 9.53 Å². The molecule has 0 N–H and O–H groups in total. The van der Waals surface area contributed by atoms with Crippen molar-refractivity contribution in [2.75, 3.05) is 28.3 Å². The van der Waals surface area contributed by atoms with Crippen LogP contribution in [0.2, 0.25) is 0 Å². The smallest absolute Gasteiger partial charge is 0.339 e. The van der Waals surface area contributed by atoms with Crippen LogP contribution in [0.5, 0.6) is 11.5 Å². The highest BCUT2D eigenvalue weighted by Crippen LogP contribution is 2.26. The standard InChI is InChI=1S/C19H21NO5/c1-20(2)18(21)17(13-8-6-5-7-9-13)25-19(22)14-10-15(23-3)12-16(11-14)24-4/h5-12,17H,1-4H3/t17-/m1/s1. The van der Waals surface area contributed by atoms with Gasteiger partial charge in [-0.1, -0.05) is 30.3 Å². The summed E-state index contributed by atoms with van der Waals surface area (Å²) in [5.74, 6) is -0.0429. The number of rotatable bonds is 6. The quantitative estimate of drug-likeness (QED) is 0.755. The molecule has 0 radical (unpaired) electrons. The molecule has 1 atom stereocenters. The molecular weight excluding hydrogens is 322 g/mol. The number of esters is 1.